The van der Waals surface area contributed by atoms with Crippen molar-refractivity contribution in [2.24, 2.45) is 16.4 Å². The zero-order valence-electron chi connectivity index (χ0n) is 28.1. The van der Waals surface area contributed by atoms with Crippen LogP contribution >= 0.6 is 11.3 Å². The van der Waals surface area contributed by atoms with Crippen molar-refractivity contribution in [1.82, 2.24) is 10.3 Å². The Morgan fingerprint density at radius 2 is 1.67 bits per heavy atom. The van der Waals surface area contributed by atoms with Gasteiger partial charge in [0, 0.05) is 9.61 Å². The maximum Gasteiger partial charge on any atom is 0.425 e. The van der Waals surface area contributed by atoms with E-state index in [1.54, 1.807) is 53.7 Å². The molecule has 1 aliphatic rings. The van der Waals surface area contributed by atoms with Crippen LogP contribution in [0.2, 0.25) is 0 Å². The third kappa shape index (κ3) is 8.76. The van der Waals surface area contributed by atoms with Crippen LogP contribution in [0.15, 0.2) is 41.5 Å². The molecule has 0 bridgehead atoms. The number of carbonyl (C=O) groups is 3. The first-order chi connectivity index (χ1) is 21.3. The van der Waals surface area contributed by atoms with Gasteiger partial charge in [-0.2, -0.15) is 4.90 Å². The number of azide groups is 1. The highest BCUT2D eigenvalue weighted by Crippen LogP contribution is 2.40. The predicted octanol–water partition coefficient (Wildman–Crippen LogP) is 8.91. The van der Waals surface area contributed by atoms with Crippen molar-refractivity contribution in [3.05, 3.63) is 68.5 Å². The fourth-order valence-corrected chi connectivity index (χ4v) is 6.35. The summed E-state index contributed by atoms with van der Waals surface area (Å²) >= 11 is 1.41. The summed E-state index contributed by atoms with van der Waals surface area (Å²) in [7, 11) is 0. The number of hydrogen-bond donors (Lipinski definition) is 1. The van der Waals surface area contributed by atoms with E-state index in [0.29, 0.717) is 15.7 Å². The molecule has 1 aromatic carbocycles. The molecular weight excluding hydrogens is 604 g/mol. The lowest BCUT2D eigenvalue weighted by Gasteiger charge is -2.35. The largest absolute Gasteiger partial charge is 0.443 e. The fraction of sp³-hybridized carbons (Fsp3) is 0.529. The van der Waals surface area contributed by atoms with Crippen LogP contribution in [0.25, 0.3) is 20.5 Å². The molecule has 12 heteroatoms. The second-order valence-electron chi connectivity index (χ2n) is 14.7. The Kier molecular flexibility index (Phi) is 10.0. The van der Waals surface area contributed by atoms with Crippen LogP contribution in [-0.4, -0.2) is 40.8 Å². The summed E-state index contributed by atoms with van der Waals surface area (Å²) in [6.07, 6.45) is 1.25. The van der Waals surface area contributed by atoms with E-state index in [1.807, 2.05) is 6.07 Å². The lowest BCUT2D eigenvalue weighted by molar-refractivity contribution is 0.0428. The number of pyridine rings is 1. The Morgan fingerprint density at radius 3 is 2.26 bits per heavy atom. The van der Waals surface area contributed by atoms with Gasteiger partial charge in [-0.05, 0) is 118 Å². The van der Waals surface area contributed by atoms with E-state index in [9.17, 15) is 14.4 Å². The summed E-state index contributed by atoms with van der Waals surface area (Å²) in [6, 6.07) is 10.1. The predicted molar refractivity (Wildman–Crippen MR) is 180 cm³/mol. The van der Waals surface area contributed by atoms with Gasteiger partial charge in [0.2, 0.25) is 0 Å². The number of benzene rings is 1. The number of nitrogens with one attached hydrogen (secondary N) is 1. The van der Waals surface area contributed by atoms with E-state index in [1.165, 1.54) is 28.5 Å². The van der Waals surface area contributed by atoms with Crippen LogP contribution in [0.3, 0.4) is 0 Å². The number of carbonyl (C=O) groups excluding carboxylic acids is 3. The minimum atomic E-state index is -0.969. The van der Waals surface area contributed by atoms with E-state index < -0.39 is 29.4 Å². The van der Waals surface area contributed by atoms with E-state index in [2.05, 4.69) is 53.2 Å². The SMILES string of the molecule is CC(C)(C)OC(=O)N(C(=O)OC(C)(C)C)c1cccc([C@@H](CN=[N+]=[N-])NC(=O)c2cc3cc4c(cc3s2)CC[C@@H](C(C)(C)C)C4)n1. The molecule has 11 nitrogen and oxygen atoms in total. The van der Waals surface area contributed by atoms with Gasteiger partial charge in [-0.3, -0.25) is 4.79 Å². The maximum absolute atomic E-state index is 13.6. The fourth-order valence-electron chi connectivity index (χ4n) is 5.34. The molecule has 1 N–H and O–H groups in total. The molecule has 246 valence electrons. The molecular formula is C34H44N6O5S. The molecule has 2 atom stereocenters. The van der Waals surface area contributed by atoms with Crippen molar-refractivity contribution in [1.29, 1.82) is 0 Å². The highest BCUT2D eigenvalue weighted by molar-refractivity contribution is 7.20. The molecule has 1 aliphatic carbocycles. The minimum Gasteiger partial charge on any atom is -0.443 e. The Labute approximate surface area is 274 Å². The summed E-state index contributed by atoms with van der Waals surface area (Å²) in [5.41, 5.74) is 10.5. The second-order valence-corrected chi connectivity index (χ2v) is 15.8. The Morgan fingerprint density at radius 1 is 1.02 bits per heavy atom. The first-order valence-electron chi connectivity index (χ1n) is 15.4. The number of thiophene rings is 1. The molecule has 0 saturated heterocycles. The number of fused-ring (bicyclic) bond motifs is 2. The van der Waals surface area contributed by atoms with Gasteiger partial charge in [-0.1, -0.05) is 38.0 Å². The number of aromatic nitrogens is 1. The van der Waals surface area contributed by atoms with Crippen LogP contribution in [-0.2, 0) is 22.3 Å². The lowest BCUT2D eigenvalue weighted by atomic mass is 9.70. The summed E-state index contributed by atoms with van der Waals surface area (Å²) in [5.74, 6) is 0.181. The quantitative estimate of drug-likeness (QED) is 0.160. The summed E-state index contributed by atoms with van der Waals surface area (Å²) in [5, 5.41) is 7.64. The number of anilines is 1. The first-order valence-corrected chi connectivity index (χ1v) is 16.3. The van der Waals surface area contributed by atoms with Crippen molar-refractivity contribution >= 4 is 45.3 Å². The van der Waals surface area contributed by atoms with Gasteiger partial charge < -0.3 is 14.8 Å². The Balaban J connectivity index is 1.63. The van der Waals surface area contributed by atoms with Gasteiger partial charge in [-0.25, -0.2) is 14.6 Å². The van der Waals surface area contributed by atoms with Crippen LogP contribution in [0.1, 0.15) is 101 Å². The standard InChI is InChI=1S/C34H44N6O5S/c1-32(2,3)23-14-13-20-17-26-22(15-21(20)16-23)18-27(46-26)29(41)38-25(19-36-39-35)24-11-10-12-28(37-24)40(30(42)44-33(4,5)6)31(43)45-34(7,8)9/h10-12,15,17-18,23,25H,13-14,16,19H2,1-9H3,(H,38,41)/t23-,25-/m1/s1. The van der Waals surface area contributed by atoms with E-state index in [4.69, 9.17) is 15.0 Å². The van der Waals surface area contributed by atoms with Crippen LogP contribution in [0, 0.1) is 11.3 Å². The normalized spacial score (nSPS) is 15.7. The van der Waals surface area contributed by atoms with Crippen LogP contribution in [0.5, 0.6) is 0 Å². The lowest BCUT2D eigenvalue weighted by Crippen LogP contribution is -2.44. The van der Waals surface area contributed by atoms with Gasteiger partial charge in [0.1, 0.15) is 17.0 Å². The van der Waals surface area contributed by atoms with E-state index in [-0.39, 0.29) is 29.4 Å². The number of imide groups is 1. The topological polar surface area (TPSA) is 147 Å². The molecule has 2 aromatic heterocycles. The molecule has 3 amide bonds. The average Bonchev–Trinajstić information content (AvgIpc) is 3.34. The maximum atomic E-state index is 13.6. The Bertz CT molecular complexity index is 1650. The average molecular weight is 649 g/mol. The zero-order valence-corrected chi connectivity index (χ0v) is 28.9. The number of rotatable bonds is 6. The van der Waals surface area contributed by atoms with Gasteiger partial charge in [-0.15, -0.1) is 11.3 Å². The smallest absolute Gasteiger partial charge is 0.425 e. The van der Waals surface area contributed by atoms with Crippen LogP contribution < -0.4 is 10.2 Å². The highest BCUT2D eigenvalue weighted by Gasteiger charge is 2.34. The number of hydrogen-bond acceptors (Lipinski definition) is 8. The molecule has 3 aromatic rings. The van der Waals surface area contributed by atoms with E-state index in [0.717, 1.165) is 29.3 Å². The molecule has 0 fully saturated rings. The van der Waals surface area contributed by atoms with Gasteiger partial charge in [0.05, 0.1) is 23.2 Å². The third-order valence-corrected chi connectivity index (χ3v) is 8.74. The molecule has 2 heterocycles. The summed E-state index contributed by atoms with van der Waals surface area (Å²) in [6.45, 7) is 16.8. The molecule has 4 rings (SSSR count). The Hall–Kier alpha value is -4.15. The van der Waals surface area contributed by atoms with Crippen molar-refractivity contribution < 1.29 is 23.9 Å². The zero-order chi connectivity index (χ0) is 34.0. The molecule has 46 heavy (non-hydrogen) atoms. The molecule has 0 saturated carbocycles. The van der Waals surface area contributed by atoms with Crippen molar-refractivity contribution in [3.63, 3.8) is 0 Å². The van der Waals surface area contributed by atoms with Crippen molar-refractivity contribution in [3.8, 4) is 0 Å². The number of nitrogens with zero attached hydrogens (tertiary/aromatic N) is 5. The van der Waals surface area contributed by atoms with Gasteiger partial charge >= 0.3 is 12.2 Å². The minimum absolute atomic E-state index is 0.0674. The number of amides is 3. The third-order valence-electron chi connectivity index (χ3n) is 7.64. The van der Waals surface area contributed by atoms with E-state index >= 15 is 0 Å². The van der Waals surface area contributed by atoms with Crippen molar-refractivity contribution in [2.45, 2.75) is 98.8 Å². The molecule has 0 unspecified atom stereocenters. The molecule has 0 radical (unpaired) electrons. The van der Waals surface area contributed by atoms with Crippen LogP contribution in [0.4, 0.5) is 15.4 Å². The summed E-state index contributed by atoms with van der Waals surface area (Å²) in [4.78, 5) is 48.6. The van der Waals surface area contributed by atoms with Gasteiger partial charge in [0.25, 0.3) is 5.91 Å². The second kappa shape index (κ2) is 13.3. The molecule has 0 aliphatic heterocycles. The van der Waals surface area contributed by atoms with Gasteiger partial charge in [0.15, 0.2) is 0 Å². The number of ether oxygens (including phenoxy) is 2. The number of aryl methyl sites for hydroxylation is 1. The highest BCUT2D eigenvalue weighted by atomic mass is 32.1. The molecule has 0 spiro atoms. The monoisotopic (exact) mass is 648 g/mol. The van der Waals surface area contributed by atoms with Crippen molar-refractivity contribution in [2.75, 3.05) is 11.4 Å². The summed E-state index contributed by atoms with van der Waals surface area (Å²) < 4.78 is 12.0. The first kappa shape index (κ1) is 34.7.